The van der Waals surface area contributed by atoms with E-state index in [9.17, 15) is 4.79 Å². The second-order valence-corrected chi connectivity index (χ2v) is 6.55. The van der Waals surface area contributed by atoms with Gasteiger partial charge in [-0.2, -0.15) is 0 Å². The first-order valence-corrected chi connectivity index (χ1v) is 8.85. The number of anilines is 1. The highest BCUT2D eigenvalue weighted by Gasteiger charge is 2.20. The van der Waals surface area contributed by atoms with E-state index in [2.05, 4.69) is 20.9 Å². The number of benzene rings is 1. The monoisotopic (exact) mass is 395 g/mol. The van der Waals surface area contributed by atoms with Crippen molar-refractivity contribution in [1.82, 2.24) is 20.3 Å². The Labute approximate surface area is 165 Å². The third kappa shape index (κ3) is 5.33. The van der Waals surface area contributed by atoms with Gasteiger partial charge in [0.05, 0.1) is 31.1 Å². The largest absolute Gasteiger partial charge is 0.497 e. The number of hydrogen-bond acceptors (Lipinski definition) is 6. The van der Waals surface area contributed by atoms with Crippen LogP contribution in [0.25, 0.3) is 0 Å². The Morgan fingerprint density at radius 2 is 2.07 bits per heavy atom. The van der Waals surface area contributed by atoms with Gasteiger partial charge in [-0.05, 0) is 51.9 Å². The molecule has 2 aromatic rings. The summed E-state index contributed by atoms with van der Waals surface area (Å²) in [6.07, 6.45) is 3.65. The number of carbonyl (C=O) groups excluding carboxylic acids is 1. The van der Waals surface area contributed by atoms with Crippen LogP contribution in [0, 0.1) is 0 Å². The van der Waals surface area contributed by atoms with E-state index in [1.54, 1.807) is 36.2 Å². The predicted molar refractivity (Wildman–Crippen MR) is 105 cm³/mol. The summed E-state index contributed by atoms with van der Waals surface area (Å²) < 4.78 is 12.8. The topological polar surface area (TPSA) is 90.3 Å². The Morgan fingerprint density at radius 3 is 2.74 bits per heavy atom. The lowest BCUT2D eigenvalue weighted by Crippen LogP contribution is -2.29. The van der Waals surface area contributed by atoms with Gasteiger partial charge in [0.2, 0.25) is 0 Å². The van der Waals surface area contributed by atoms with E-state index in [0.717, 1.165) is 25.9 Å². The van der Waals surface area contributed by atoms with E-state index in [1.807, 2.05) is 13.8 Å². The number of methoxy groups -OCH3 is 1. The molecule has 27 heavy (non-hydrogen) atoms. The summed E-state index contributed by atoms with van der Waals surface area (Å²) in [6.45, 7) is 5.76. The fourth-order valence-electron chi connectivity index (χ4n) is 2.91. The number of piperidine rings is 1. The van der Waals surface area contributed by atoms with Crippen LogP contribution in [0.1, 0.15) is 43.2 Å². The maximum absolute atomic E-state index is 12.6. The minimum atomic E-state index is -0.327. The molecule has 8 nitrogen and oxygen atoms in total. The molecule has 0 spiro atoms. The van der Waals surface area contributed by atoms with Gasteiger partial charge in [0.25, 0.3) is 5.91 Å². The van der Waals surface area contributed by atoms with E-state index in [-0.39, 0.29) is 36.2 Å². The maximum Gasteiger partial charge on any atom is 0.277 e. The normalized spacial score (nSPS) is 14.5. The molecule has 3 rings (SSSR count). The summed E-state index contributed by atoms with van der Waals surface area (Å²) >= 11 is 0. The molecule has 0 saturated carbocycles. The smallest absolute Gasteiger partial charge is 0.277 e. The van der Waals surface area contributed by atoms with Crippen LogP contribution >= 0.6 is 12.4 Å². The Kier molecular flexibility index (Phi) is 7.44. The number of nitrogens with zero attached hydrogens (tertiary/aromatic N) is 3. The zero-order chi connectivity index (χ0) is 18.5. The number of rotatable bonds is 6. The number of aromatic nitrogens is 3. The van der Waals surface area contributed by atoms with Crippen LogP contribution in [0.4, 0.5) is 5.69 Å². The molecular weight excluding hydrogens is 370 g/mol. The molecule has 1 amide bonds. The van der Waals surface area contributed by atoms with E-state index < -0.39 is 0 Å². The number of carbonyl (C=O) groups is 1. The summed E-state index contributed by atoms with van der Waals surface area (Å²) in [5, 5.41) is 14.3. The van der Waals surface area contributed by atoms with Crippen LogP contribution in [0.15, 0.2) is 24.4 Å². The van der Waals surface area contributed by atoms with Crippen molar-refractivity contribution >= 4 is 24.0 Å². The fourth-order valence-corrected chi connectivity index (χ4v) is 2.91. The first kappa shape index (κ1) is 21.0. The molecule has 0 bridgehead atoms. The van der Waals surface area contributed by atoms with Crippen molar-refractivity contribution in [3.63, 3.8) is 0 Å². The highest BCUT2D eigenvalue weighted by molar-refractivity contribution is 6.03. The summed E-state index contributed by atoms with van der Waals surface area (Å²) in [7, 11) is 1.58. The molecule has 148 valence electrons. The summed E-state index contributed by atoms with van der Waals surface area (Å²) in [4.78, 5) is 12.6. The van der Waals surface area contributed by atoms with Crippen LogP contribution < -0.4 is 20.1 Å². The third-order valence-corrected chi connectivity index (χ3v) is 4.22. The number of hydrogen-bond donors (Lipinski definition) is 2. The quantitative estimate of drug-likeness (QED) is 0.781. The SMILES string of the molecule is COc1ccc(OC(C)C)c(NC(=O)c2cn(C3CCNCC3)nn2)c1.Cl. The van der Waals surface area contributed by atoms with E-state index in [0.29, 0.717) is 17.2 Å². The van der Waals surface area contributed by atoms with Gasteiger partial charge in [0.15, 0.2) is 5.69 Å². The van der Waals surface area contributed by atoms with Crippen LogP contribution in [0.5, 0.6) is 11.5 Å². The summed E-state index contributed by atoms with van der Waals surface area (Å²) in [5.41, 5.74) is 0.821. The average molecular weight is 396 g/mol. The second-order valence-electron chi connectivity index (χ2n) is 6.55. The van der Waals surface area contributed by atoms with Gasteiger partial charge in [-0.3, -0.25) is 4.79 Å². The number of ether oxygens (including phenoxy) is 2. The molecule has 1 aliphatic heterocycles. The van der Waals surface area contributed by atoms with Crippen LogP contribution in [-0.2, 0) is 0 Å². The molecule has 2 heterocycles. The molecule has 9 heteroatoms. The molecule has 1 aromatic carbocycles. The minimum absolute atomic E-state index is 0. The molecule has 1 aliphatic rings. The highest BCUT2D eigenvalue weighted by atomic mass is 35.5. The van der Waals surface area contributed by atoms with Gasteiger partial charge in [0.1, 0.15) is 11.5 Å². The second kappa shape index (κ2) is 9.57. The standard InChI is InChI=1S/C18H25N5O3.ClH/c1-12(2)26-17-5-4-14(25-3)10-15(17)20-18(24)16-11-23(22-21-16)13-6-8-19-9-7-13;/h4-5,10-13,19H,6-9H2,1-3H3,(H,20,24);1H. The van der Waals surface area contributed by atoms with Gasteiger partial charge in [-0.1, -0.05) is 5.21 Å². The predicted octanol–water partition coefficient (Wildman–Crippen LogP) is 2.67. The Hall–Kier alpha value is -2.32. The van der Waals surface area contributed by atoms with E-state index in [1.165, 1.54) is 0 Å². The molecule has 0 atom stereocenters. The van der Waals surface area contributed by atoms with E-state index in [4.69, 9.17) is 9.47 Å². The lowest BCUT2D eigenvalue weighted by atomic mass is 10.1. The Morgan fingerprint density at radius 1 is 1.33 bits per heavy atom. The van der Waals surface area contributed by atoms with Crippen molar-refractivity contribution in [2.75, 3.05) is 25.5 Å². The lowest BCUT2D eigenvalue weighted by Gasteiger charge is -2.22. The molecule has 1 fully saturated rings. The molecule has 1 aromatic heterocycles. The van der Waals surface area contributed by atoms with Crippen molar-refractivity contribution in [2.24, 2.45) is 0 Å². The third-order valence-electron chi connectivity index (χ3n) is 4.22. The lowest BCUT2D eigenvalue weighted by molar-refractivity contribution is 0.102. The number of nitrogens with one attached hydrogen (secondary N) is 2. The Bertz CT molecular complexity index is 759. The molecule has 1 saturated heterocycles. The summed E-state index contributed by atoms with van der Waals surface area (Å²) in [5.74, 6) is 0.890. The van der Waals surface area contributed by atoms with E-state index >= 15 is 0 Å². The van der Waals surface area contributed by atoms with Crippen molar-refractivity contribution in [3.05, 3.63) is 30.1 Å². The van der Waals surface area contributed by atoms with Gasteiger partial charge in [0, 0.05) is 6.07 Å². The zero-order valence-corrected chi connectivity index (χ0v) is 16.6. The van der Waals surface area contributed by atoms with Gasteiger partial charge in [-0.15, -0.1) is 17.5 Å². The number of halogens is 1. The number of amides is 1. The van der Waals surface area contributed by atoms with Gasteiger partial charge < -0.3 is 20.1 Å². The zero-order valence-electron chi connectivity index (χ0n) is 15.8. The molecule has 0 radical (unpaired) electrons. The fraction of sp³-hybridized carbons (Fsp3) is 0.500. The van der Waals surface area contributed by atoms with Crippen molar-refractivity contribution < 1.29 is 14.3 Å². The molecular formula is C18H26ClN5O3. The first-order chi connectivity index (χ1) is 12.6. The maximum atomic E-state index is 12.6. The first-order valence-electron chi connectivity index (χ1n) is 8.85. The highest BCUT2D eigenvalue weighted by Crippen LogP contribution is 2.30. The van der Waals surface area contributed by atoms with Crippen LogP contribution in [0.2, 0.25) is 0 Å². The van der Waals surface area contributed by atoms with Gasteiger partial charge in [-0.25, -0.2) is 4.68 Å². The van der Waals surface area contributed by atoms with Gasteiger partial charge >= 0.3 is 0 Å². The van der Waals surface area contributed by atoms with Crippen LogP contribution in [-0.4, -0.2) is 47.2 Å². The minimum Gasteiger partial charge on any atom is -0.497 e. The summed E-state index contributed by atoms with van der Waals surface area (Å²) in [6, 6.07) is 5.58. The average Bonchev–Trinajstić information content (AvgIpc) is 3.14. The van der Waals surface area contributed by atoms with Crippen molar-refractivity contribution in [3.8, 4) is 11.5 Å². The molecule has 0 aliphatic carbocycles. The van der Waals surface area contributed by atoms with Crippen molar-refractivity contribution in [2.45, 2.75) is 38.8 Å². The van der Waals surface area contributed by atoms with Crippen LogP contribution in [0.3, 0.4) is 0 Å². The molecule has 2 N–H and O–H groups in total. The molecule has 0 unspecified atom stereocenters. The Balaban J connectivity index is 0.00000261. The van der Waals surface area contributed by atoms with Crippen molar-refractivity contribution in [1.29, 1.82) is 0 Å².